The van der Waals surface area contributed by atoms with E-state index in [1.165, 1.54) is 18.2 Å². The van der Waals surface area contributed by atoms with E-state index < -0.39 is 17.9 Å². The minimum Gasteiger partial charge on any atom is -0.485 e. The molecule has 0 bridgehead atoms. The van der Waals surface area contributed by atoms with Gasteiger partial charge < -0.3 is 9.47 Å². The second kappa shape index (κ2) is 9.60. The molecule has 1 aliphatic heterocycles. The monoisotopic (exact) mass is 437 g/mol. The fourth-order valence-corrected chi connectivity index (χ4v) is 4.08. The third kappa shape index (κ3) is 4.67. The number of hydrogen-bond acceptors (Lipinski definition) is 5. The summed E-state index contributed by atoms with van der Waals surface area (Å²) >= 11 is 6.11. The summed E-state index contributed by atoms with van der Waals surface area (Å²) in [7, 11) is 0. The number of imide groups is 1. The summed E-state index contributed by atoms with van der Waals surface area (Å²) in [5.74, 6) is -2.66. The van der Waals surface area contributed by atoms with Gasteiger partial charge in [-0.15, -0.1) is 0 Å². The van der Waals surface area contributed by atoms with Gasteiger partial charge in [0.25, 0.3) is 0 Å². The molecule has 0 spiro atoms. The summed E-state index contributed by atoms with van der Waals surface area (Å²) in [5.41, 5.74) is -0.155. The van der Waals surface area contributed by atoms with Gasteiger partial charge >= 0.3 is 5.97 Å². The number of carbonyl (C=O) groups excluding carboxylic acids is 3. The Morgan fingerprint density at radius 3 is 2.50 bits per heavy atom. The zero-order valence-electron chi connectivity index (χ0n) is 17.0. The van der Waals surface area contributed by atoms with E-state index in [2.05, 4.69) is 0 Å². The van der Waals surface area contributed by atoms with E-state index >= 15 is 0 Å². The van der Waals surface area contributed by atoms with Crippen molar-refractivity contribution >= 4 is 35.1 Å². The smallest absolute Gasteiger partial charge is 0.330 e. The lowest BCUT2D eigenvalue weighted by atomic mass is 9.81. The first-order valence-electron chi connectivity index (χ1n) is 10.2. The number of fused-ring (bicyclic) bond motifs is 1. The third-order valence-electron chi connectivity index (χ3n) is 5.35. The molecular weight excluding hydrogens is 413 g/mol. The van der Waals surface area contributed by atoms with Gasteiger partial charge in [0, 0.05) is 12.1 Å². The Morgan fingerprint density at radius 1 is 1.27 bits per heavy atom. The van der Waals surface area contributed by atoms with Gasteiger partial charge in [-0.3, -0.25) is 9.59 Å². The van der Waals surface area contributed by atoms with Gasteiger partial charge in [-0.2, -0.15) is 0 Å². The predicted octanol–water partition coefficient (Wildman–Crippen LogP) is 4.44. The molecule has 0 aromatic heterocycles. The highest BCUT2D eigenvalue weighted by atomic mass is 35.5. The molecule has 6 nitrogen and oxygen atoms in total. The fraction of sp³-hybridized carbons (Fsp3) is 0.500. The van der Waals surface area contributed by atoms with Gasteiger partial charge in [0.1, 0.15) is 17.7 Å². The Balaban J connectivity index is 1.79. The van der Waals surface area contributed by atoms with Crippen LogP contribution in [0.25, 0.3) is 0 Å². The van der Waals surface area contributed by atoms with Crippen molar-refractivity contribution in [3.63, 3.8) is 0 Å². The first-order chi connectivity index (χ1) is 14.3. The SMILES string of the molecule is CCCOC(=O)C=CC(C)Oc1cc(N2C(=O)C3CCCCC3C2=O)c(F)cc1Cl. The minimum atomic E-state index is -0.765. The van der Waals surface area contributed by atoms with Crippen LogP contribution in [0.3, 0.4) is 0 Å². The van der Waals surface area contributed by atoms with Crippen LogP contribution in [0.5, 0.6) is 5.75 Å². The highest BCUT2D eigenvalue weighted by molar-refractivity contribution is 6.32. The van der Waals surface area contributed by atoms with Crippen molar-refractivity contribution in [2.45, 2.75) is 52.1 Å². The predicted molar refractivity (Wildman–Crippen MR) is 110 cm³/mol. The number of rotatable bonds is 7. The van der Waals surface area contributed by atoms with Crippen molar-refractivity contribution in [1.29, 1.82) is 0 Å². The highest BCUT2D eigenvalue weighted by Crippen LogP contribution is 2.42. The molecule has 0 N–H and O–H groups in total. The van der Waals surface area contributed by atoms with Crippen LogP contribution in [0.4, 0.5) is 10.1 Å². The number of nitrogens with zero attached hydrogens (tertiary/aromatic N) is 1. The maximum atomic E-state index is 14.7. The van der Waals surface area contributed by atoms with Crippen molar-refractivity contribution in [3.8, 4) is 5.75 Å². The standard InChI is InChI=1S/C22H25ClFNO5/c1-3-10-29-20(26)9-8-13(2)30-19-12-18(17(24)11-16(19)23)25-21(27)14-6-4-5-7-15(14)22(25)28/h8-9,11-15H,3-7,10H2,1-2H3. The third-order valence-corrected chi connectivity index (χ3v) is 5.64. The second-order valence-corrected chi connectivity index (χ2v) is 8.00. The summed E-state index contributed by atoms with van der Waals surface area (Å²) < 4.78 is 25.3. The van der Waals surface area contributed by atoms with Crippen LogP contribution >= 0.6 is 11.6 Å². The molecule has 1 aromatic rings. The zero-order valence-corrected chi connectivity index (χ0v) is 17.8. The molecule has 0 radical (unpaired) electrons. The first kappa shape index (κ1) is 22.3. The van der Waals surface area contributed by atoms with Crippen LogP contribution in [-0.4, -0.2) is 30.5 Å². The van der Waals surface area contributed by atoms with E-state index in [9.17, 15) is 18.8 Å². The molecule has 1 heterocycles. The first-order valence-corrected chi connectivity index (χ1v) is 10.6. The van der Waals surface area contributed by atoms with E-state index in [-0.39, 0.29) is 40.1 Å². The van der Waals surface area contributed by atoms with Crippen molar-refractivity contribution in [1.82, 2.24) is 0 Å². The highest BCUT2D eigenvalue weighted by Gasteiger charge is 2.49. The van der Waals surface area contributed by atoms with Crippen molar-refractivity contribution in [2.75, 3.05) is 11.5 Å². The Morgan fingerprint density at radius 2 is 1.90 bits per heavy atom. The summed E-state index contributed by atoms with van der Waals surface area (Å²) in [4.78, 5) is 38.1. The average molecular weight is 438 g/mol. The van der Waals surface area contributed by atoms with Crippen LogP contribution in [0.2, 0.25) is 5.02 Å². The van der Waals surface area contributed by atoms with Crippen LogP contribution < -0.4 is 9.64 Å². The summed E-state index contributed by atoms with van der Waals surface area (Å²) in [6.45, 7) is 3.89. The van der Waals surface area contributed by atoms with Crippen molar-refractivity contribution in [2.24, 2.45) is 11.8 Å². The average Bonchev–Trinajstić information content (AvgIpc) is 2.97. The molecule has 2 fully saturated rings. The Kier molecular flexibility index (Phi) is 7.13. The number of esters is 1. The number of ether oxygens (including phenoxy) is 2. The molecule has 3 atom stereocenters. The molecule has 3 rings (SSSR count). The summed E-state index contributed by atoms with van der Waals surface area (Å²) in [6.07, 6.45) is 5.92. The molecule has 2 aliphatic rings. The number of amides is 2. The molecule has 1 aromatic carbocycles. The second-order valence-electron chi connectivity index (χ2n) is 7.59. The molecule has 162 valence electrons. The fourth-order valence-electron chi connectivity index (χ4n) is 3.88. The van der Waals surface area contributed by atoms with Gasteiger partial charge in [-0.05, 0) is 38.3 Å². The number of carbonyl (C=O) groups is 3. The lowest BCUT2D eigenvalue weighted by Gasteiger charge is -2.19. The van der Waals surface area contributed by atoms with Gasteiger partial charge in [0.2, 0.25) is 11.8 Å². The number of benzene rings is 1. The van der Waals surface area contributed by atoms with Crippen LogP contribution in [0, 0.1) is 17.7 Å². The Bertz CT molecular complexity index is 847. The molecule has 2 amide bonds. The van der Waals surface area contributed by atoms with E-state index in [4.69, 9.17) is 21.1 Å². The van der Waals surface area contributed by atoms with E-state index in [1.807, 2.05) is 6.92 Å². The van der Waals surface area contributed by atoms with Crippen molar-refractivity contribution < 1.29 is 28.2 Å². The van der Waals surface area contributed by atoms with E-state index in [0.29, 0.717) is 19.4 Å². The number of hydrogen-bond donors (Lipinski definition) is 0. The van der Waals surface area contributed by atoms with Crippen LogP contribution in [0.1, 0.15) is 46.0 Å². The summed E-state index contributed by atoms with van der Waals surface area (Å²) in [5, 5.41) is 0.00145. The summed E-state index contributed by atoms with van der Waals surface area (Å²) in [6, 6.07) is 2.30. The van der Waals surface area contributed by atoms with Gasteiger partial charge in [0.15, 0.2) is 0 Å². The van der Waals surface area contributed by atoms with Gasteiger partial charge in [0.05, 0.1) is 29.2 Å². The topological polar surface area (TPSA) is 72.9 Å². The minimum absolute atomic E-state index is 0.00145. The molecule has 1 saturated heterocycles. The molecule has 8 heteroatoms. The van der Waals surface area contributed by atoms with Crippen LogP contribution in [0.15, 0.2) is 24.3 Å². The maximum absolute atomic E-state index is 14.7. The Labute approximate surface area is 180 Å². The van der Waals surface area contributed by atoms with Crippen LogP contribution in [-0.2, 0) is 19.1 Å². The largest absolute Gasteiger partial charge is 0.485 e. The normalized spacial score (nSPS) is 22.3. The number of halogens is 2. The molecule has 1 saturated carbocycles. The maximum Gasteiger partial charge on any atom is 0.330 e. The van der Waals surface area contributed by atoms with Gasteiger partial charge in [-0.1, -0.05) is 31.4 Å². The lowest BCUT2D eigenvalue weighted by Crippen LogP contribution is -2.31. The van der Waals surface area contributed by atoms with Gasteiger partial charge in [-0.25, -0.2) is 14.1 Å². The van der Waals surface area contributed by atoms with E-state index in [0.717, 1.165) is 30.2 Å². The number of anilines is 1. The quantitative estimate of drug-likeness (QED) is 0.358. The lowest BCUT2D eigenvalue weighted by molar-refractivity contribution is -0.137. The molecular formula is C22H25ClFNO5. The zero-order chi connectivity index (χ0) is 21.8. The molecule has 3 unspecified atom stereocenters. The Hall–Kier alpha value is -2.41. The molecule has 30 heavy (non-hydrogen) atoms. The van der Waals surface area contributed by atoms with Crippen molar-refractivity contribution in [3.05, 3.63) is 35.1 Å². The van der Waals surface area contributed by atoms with E-state index in [1.54, 1.807) is 6.92 Å². The molecule has 1 aliphatic carbocycles.